The number of nitrogens with one attached hydrogen (secondary N) is 1. The van der Waals surface area contributed by atoms with Crippen LogP contribution in [0.1, 0.15) is 44.9 Å². The molecule has 0 atom stereocenters. The molecule has 0 saturated heterocycles. The molecule has 0 heterocycles. The van der Waals surface area contributed by atoms with Crippen LogP contribution in [0, 0.1) is 5.41 Å². The van der Waals surface area contributed by atoms with E-state index in [0.717, 1.165) is 6.04 Å². The summed E-state index contributed by atoms with van der Waals surface area (Å²) in [6.45, 7) is 8.95. The van der Waals surface area contributed by atoms with Crippen LogP contribution in [0.4, 0.5) is 0 Å². The van der Waals surface area contributed by atoms with E-state index >= 15 is 0 Å². The zero-order valence-corrected chi connectivity index (χ0v) is 12.4. The molecule has 1 N–H and O–H groups in total. The van der Waals surface area contributed by atoms with Crippen LogP contribution in [0.5, 0.6) is 0 Å². The maximum Gasteiger partial charge on any atom is 0.0448 e. The maximum atomic E-state index is 3.81. The van der Waals surface area contributed by atoms with Gasteiger partial charge >= 0.3 is 0 Å². The lowest BCUT2D eigenvalue weighted by molar-refractivity contribution is 0.205. The molecule has 0 aromatic rings. The minimum absolute atomic E-state index is 0.686. The highest BCUT2D eigenvalue weighted by atomic mass is 28.3. The van der Waals surface area contributed by atoms with Crippen molar-refractivity contribution in [1.82, 2.24) is 5.32 Å². The van der Waals surface area contributed by atoms with Gasteiger partial charge in [0.15, 0.2) is 0 Å². The summed E-state index contributed by atoms with van der Waals surface area (Å²) in [4.78, 5) is 0. The van der Waals surface area contributed by atoms with Gasteiger partial charge in [-0.15, -0.1) is 0 Å². The Bertz CT molecular complexity index is 221. The van der Waals surface area contributed by atoms with Crippen molar-refractivity contribution in [3.05, 3.63) is 0 Å². The average molecular weight is 239 g/mol. The standard InChI is InChI=1S/C14H29NSi/c1-16(2,3)12-14(9-5-4-6-10-14)11-15-13-7-8-13/h13,15H,4-12H2,1-3H3. The fourth-order valence-corrected chi connectivity index (χ4v) is 6.22. The quantitative estimate of drug-likeness (QED) is 0.714. The first-order valence-electron chi connectivity index (χ1n) is 7.23. The van der Waals surface area contributed by atoms with Crippen LogP contribution >= 0.6 is 0 Å². The van der Waals surface area contributed by atoms with E-state index < -0.39 is 8.07 Å². The molecule has 0 unspecified atom stereocenters. The molecule has 0 radical (unpaired) electrons. The second-order valence-corrected chi connectivity index (χ2v) is 12.9. The molecule has 0 bridgehead atoms. The summed E-state index contributed by atoms with van der Waals surface area (Å²) in [5.74, 6) is 0. The third-order valence-corrected chi connectivity index (χ3v) is 5.97. The van der Waals surface area contributed by atoms with E-state index in [-0.39, 0.29) is 0 Å². The first-order chi connectivity index (χ1) is 7.49. The predicted molar refractivity (Wildman–Crippen MR) is 74.7 cm³/mol. The SMILES string of the molecule is C[Si](C)(C)CC1(CNC2CC2)CCCCC1. The largest absolute Gasteiger partial charge is 0.313 e. The molecule has 2 aliphatic rings. The van der Waals surface area contributed by atoms with Crippen LogP contribution in [0.15, 0.2) is 0 Å². The van der Waals surface area contributed by atoms with Crippen molar-refractivity contribution in [2.24, 2.45) is 5.41 Å². The molecule has 2 saturated carbocycles. The molecule has 2 rings (SSSR count). The minimum atomic E-state index is -0.909. The van der Waals surface area contributed by atoms with Crippen molar-refractivity contribution in [3.8, 4) is 0 Å². The monoisotopic (exact) mass is 239 g/mol. The van der Waals surface area contributed by atoms with E-state index in [9.17, 15) is 0 Å². The van der Waals surface area contributed by atoms with Crippen molar-refractivity contribution >= 4 is 8.07 Å². The predicted octanol–water partition coefficient (Wildman–Crippen LogP) is 4.03. The van der Waals surface area contributed by atoms with Crippen molar-refractivity contribution in [3.63, 3.8) is 0 Å². The third-order valence-electron chi connectivity index (χ3n) is 4.16. The van der Waals surface area contributed by atoms with Gasteiger partial charge < -0.3 is 5.32 Å². The highest BCUT2D eigenvalue weighted by Gasteiger charge is 2.37. The molecule has 0 aliphatic heterocycles. The highest BCUT2D eigenvalue weighted by Crippen LogP contribution is 2.42. The van der Waals surface area contributed by atoms with E-state index in [2.05, 4.69) is 25.0 Å². The Labute approximate surface area is 102 Å². The fourth-order valence-electron chi connectivity index (χ4n) is 3.49. The Balaban J connectivity index is 1.92. The van der Waals surface area contributed by atoms with Crippen molar-refractivity contribution in [2.75, 3.05) is 6.54 Å². The van der Waals surface area contributed by atoms with Crippen LogP contribution in [0.2, 0.25) is 25.7 Å². The van der Waals surface area contributed by atoms with Crippen LogP contribution in [0.3, 0.4) is 0 Å². The molecule has 0 amide bonds. The van der Waals surface area contributed by atoms with E-state index in [1.54, 1.807) is 6.04 Å². The zero-order valence-electron chi connectivity index (χ0n) is 11.4. The smallest absolute Gasteiger partial charge is 0.0448 e. The van der Waals surface area contributed by atoms with E-state index in [0.29, 0.717) is 5.41 Å². The summed E-state index contributed by atoms with van der Waals surface area (Å²) in [5, 5.41) is 3.81. The molecule has 0 aromatic carbocycles. The lowest BCUT2D eigenvalue weighted by Crippen LogP contribution is -2.42. The normalized spacial score (nSPS) is 25.7. The summed E-state index contributed by atoms with van der Waals surface area (Å²) in [5.41, 5.74) is 0.686. The van der Waals surface area contributed by atoms with Crippen molar-refractivity contribution in [2.45, 2.75) is 76.7 Å². The molecule has 0 spiro atoms. The highest BCUT2D eigenvalue weighted by molar-refractivity contribution is 6.76. The second kappa shape index (κ2) is 4.81. The van der Waals surface area contributed by atoms with E-state index in [1.165, 1.54) is 51.5 Å². The molecule has 2 fully saturated rings. The topological polar surface area (TPSA) is 12.0 Å². The van der Waals surface area contributed by atoms with Crippen molar-refractivity contribution in [1.29, 1.82) is 0 Å². The molecule has 2 heteroatoms. The third kappa shape index (κ3) is 3.88. The Kier molecular flexibility index (Phi) is 3.80. The van der Waals surface area contributed by atoms with Crippen LogP contribution in [0.25, 0.3) is 0 Å². The van der Waals surface area contributed by atoms with Gasteiger partial charge in [0.2, 0.25) is 0 Å². The van der Waals surface area contributed by atoms with Gasteiger partial charge in [-0.25, -0.2) is 0 Å². The summed E-state index contributed by atoms with van der Waals surface area (Å²) in [6, 6.07) is 2.43. The van der Waals surface area contributed by atoms with Gasteiger partial charge in [-0.3, -0.25) is 0 Å². The molecule has 16 heavy (non-hydrogen) atoms. The maximum absolute atomic E-state index is 3.81. The fraction of sp³-hybridized carbons (Fsp3) is 1.00. The number of rotatable bonds is 5. The molecule has 1 nitrogen and oxygen atoms in total. The van der Waals surface area contributed by atoms with Gasteiger partial charge in [0.05, 0.1) is 0 Å². The summed E-state index contributed by atoms with van der Waals surface area (Å²) >= 11 is 0. The molecule has 94 valence electrons. The van der Waals surface area contributed by atoms with Gasteiger partial charge in [-0.1, -0.05) is 44.9 Å². The van der Waals surface area contributed by atoms with Crippen LogP contribution in [-0.2, 0) is 0 Å². The summed E-state index contributed by atoms with van der Waals surface area (Å²) in [6.07, 6.45) is 10.3. The van der Waals surface area contributed by atoms with Crippen molar-refractivity contribution < 1.29 is 0 Å². The Morgan fingerprint density at radius 1 is 1.06 bits per heavy atom. The minimum Gasteiger partial charge on any atom is -0.313 e. The van der Waals surface area contributed by atoms with E-state index in [1.807, 2.05) is 0 Å². The summed E-state index contributed by atoms with van der Waals surface area (Å²) in [7, 11) is -0.909. The van der Waals surface area contributed by atoms with Gasteiger partial charge in [-0.05, 0) is 31.1 Å². The molecular weight excluding hydrogens is 210 g/mol. The Morgan fingerprint density at radius 3 is 2.19 bits per heavy atom. The lowest BCUT2D eigenvalue weighted by atomic mass is 9.75. The first-order valence-corrected chi connectivity index (χ1v) is 10.9. The number of hydrogen-bond acceptors (Lipinski definition) is 1. The lowest BCUT2D eigenvalue weighted by Gasteiger charge is -2.41. The van der Waals surface area contributed by atoms with Crippen LogP contribution < -0.4 is 5.32 Å². The van der Waals surface area contributed by atoms with Gasteiger partial charge in [0.1, 0.15) is 0 Å². The van der Waals surface area contributed by atoms with Crippen LogP contribution in [-0.4, -0.2) is 20.7 Å². The second-order valence-electron chi connectivity index (χ2n) is 7.45. The molecule has 2 aliphatic carbocycles. The average Bonchev–Trinajstić information content (AvgIpc) is 2.97. The summed E-state index contributed by atoms with van der Waals surface area (Å²) < 4.78 is 0. The number of hydrogen-bond donors (Lipinski definition) is 1. The van der Waals surface area contributed by atoms with Gasteiger partial charge in [0.25, 0.3) is 0 Å². The molecular formula is C14H29NSi. The zero-order chi connectivity index (χ0) is 11.6. The Morgan fingerprint density at radius 2 is 1.69 bits per heavy atom. The first kappa shape index (κ1) is 12.6. The molecule has 0 aromatic heterocycles. The van der Waals surface area contributed by atoms with E-state index in [4.69, 9.17) is 0 Å². The van der Waals surface area contributed by atoms with Gasteiger partial charge in [0, 0.05) is 20.7 Å². The Hall–Kier alpha value is 0.177. The van der Waals surface area contributed by atoms with Gasteiger partial charge in [-0.2, -0.15) is 0 Å².